The van der Waals surface area contributed by atoms with Crippen LogP contribution in [0.5, 0.6) is 5.75 Å². The molecule has 0 aliphatic heterocycles. The zero-order chi connectivity index (χ0) is 17.7. The molecule has 0 saturated carbocycles. The van der Waals surface area contributed by atoms with Crippen molar-refractivity contribution in [3.05, 3.63) is 46.9 Å². The summed E-state index contributed by atoms with van der Waals surface area (Å²) in [6.45, 7) is 6.76. The molecule has 130 valence electrons. The standard InChI is InChI=1S/C18H23ClN2O3/c1-5-21(6-2)12-14-8-10-17(24-14)18(22)20(3)13-7-9-16(23-4)15(19)11-13/h7-11H,5-6,12H2,1-4H3. The smallest absolute Gasteiger partial charge is 0.293 e. The van der Waals surface area contributed by atoms with Gasteiger partial charge in [0, 0.05) is 12.7 Å². The molecule has 1 amide bonds. The van der Waals surface area contributed by atoms with Crippen LogP contribution in [-0.2, 0) is 6.54 Å². The van der Waals surface area contributed by atoms with Crippen molar-refractivity contribution < 1.29 is 13.9 Å². The van der Waals surface area contributed by atoms with Crippen LogP contribution in [0.2, 0.25) is 5.02 Å². The van der Waals surface area contributed by atoms with Crippen LogP contribution < -0.4 is 9.64 Å². The lowest BCUT2D eigenvalue weighted by Gasteiger charge is -2.17. The number of halogens is 1. The molecule has 0 bridgehead atoms. The molecule has 0 fully saturated rings. The highest BCUT2D eigenvalue weighted by Crippen LogP contribution is 2.29. The van der Waals surface area contributed by atoms with Crippen molar-refractivity contribution in [3.63, 3.8) is 0 Å². The number of carbonyl (C=O) groups is 1. The molecule has 6 heteroatoms. The van der Waals surface area contributed by atoms with E-state index in [-0.39, 0.29) is 5.91 Å². The molecule has 0 aliphatic rings. The lowest BCUT2D eigenvalue weighted by Crippen LogP contribution is -2.25. The normalized spacial score (nSPS) is 10.9. The van der Waals surface area contributed by atoms with E-state index in [1.165, 1.54) is 4.90 Å². The maximum Gasteiger partial charge on any atom is 0.293 e. The van der Waals surface area contributed by atoms with Gasteiger partial charge in [-0.05, 0) is 43.4 Å². The summed E-state index contributed by atoms with van der Waals surface area (Å²) >= 11 is 6.13. The molecule has 0 spiro atoms. The minimum absolute atomic E-state index is 0.220. The molecule has 0 N–H and O–H groups in total. The largest absolute Gasteiger partial charge is 0.495 e. The summed E-state index contributed by atoms with van der Waals surface area (Å²) in [5.74, 6) is 1.44. The monoisotopic (exact) mass is 350 g/mol. The van der Waals surface area contributed by atoms with Gasteiger partial charge in [-0.1, -0.05) is 25.4 Å². The van der Waals surface area contributed by atoms with Gasteiger partial charge in [-0.2, -0.15) is 0 Å². The van der Waals surface area contributed by atoms with E-state index in [9.17, 15) is 4.79 Å². The molecule has 0 unspecified atom stereocenters. The average Bonchev–Trinajstić information content (AvgIpc) is 3.06. The Morgan fingerprint density at radius 2 is 1.92 bits per heavy atom. The zero-order valence-corrected chi connectivity index (χ0v) is 15.3. The molecule has 5 nitrogen and oxygen atoms in total. The maximum absolute atomic E-state index is 12.6. The third-order valence-corrected chi connectivity index (χ3v) is 4.27. The van der Waals surface area contributed by atoms with Gasteiger partial charge < -0.3 is 14.1 Å². The lowest BCUT2D eigenvalue weighted by molar-refractivity contribution is 0.0963. The molecule has 0 radical (unpaired) electrons. The van der Waals surface area contributed by atoms with Crippen molar-refractivity contribution in [2.45, 2.75) is 20.4 Å². The van der Waals surface area contributed by atoms with Gasteiger partial charge >= 0.3 is 0 Å². The Hall–Kier alpha value is -1.98. The number of carbonyl (C=O) groups excluding carboxylic acids is 1. The fourth-order valence-electron chi connectivity index (χ4n) is 2.39. The van der Waals surface area contributed by atoms with Crippen LogP contribution >= 0.6 is 11.6 Å². The molecule has 2 aromatic rings. The minimum Gasteiger partial charge on any atom is -0.495 e. The predicted octanol–water partition coefficient (Wildman–Crippen LogP) is 4.06. The molecular weight excluding hydrogens is 328 g/mol. The van der Waals surface area contributed by atoms with E-state index in [1.807, 2.05) is 6.07 Å². The number of anilines is 1. The van der Waals surface area contributed by atoms with Gasteiger partial charge in [-0.15, -0.1) is 0 Å². The Bertz CT molecular complexity index is 695. The Balaban J connectivity index is 2.13. The highest BCUT2D eigenvalue weighted by molar-refractivity contribution is 6.32. The fraction of sp³-hybridized carbons (Fsp3) is 0.389. The highest BCUT2D eigenvalue weighted by Gasteiger charge is 2.19. The number of furan rings is 1. The minimum atomic E-state index is -0.220. The second-order valence-corrected chi connectivity index (χ2v) is 5.82. The Kier molecular flexibility index (Phi) is 6.29. The topological polar surface area (TPSA) is 45.9 Å². The molecule has 2 rings (SSSR count). The fourth-order valence-corrected chi connectivity index (χ4v) is 2.64. The van der Waals surface area contributed by atoms with E-state index in [1.54, 1.807) is 38.4 Å². The second kappa shape index (κ2) is 8.22. The van der Waals surface area contributed by atoms with E-state index in [4.69, 9.17) is 20.8 Å². The second-order valence-electron chi connectivity index (χ2n) is 5.41. The van der Waals surface area contributed by atoms with Crippen molar-refractivity contribution in [2.75, 3.05) is 32.1 Å². The van der Waals surface area contributed by atoms with Gasteiger partial charge in [0.2, 0.25) is 0 Å². The summed E-state index contributed by atoms with van der Waals surface area (Å²) in [5, 5.41) is 0.455. The summed E-state index contributed by atoms with van der Waals surface area (Å²) in [4.78, 5) is 16.3. The number of benzene rings is 1. The Labute approximate surface area is 147 Å². The highest BCUT2D eigenvalue weighted by atomic mass is 35.5. The predicted molar refractivity (Wildman–Crippen MR) is 96.1 cm³/mol. The summed E-state index contributed by atoms with van der Waals surface area (Å²) in [6, 6.07) is 8.76. The average molecular weight is 351 g/mol. The van der Waals surface area contributed by atoms with Crippen molar-refractivity contribution >= 4 is 23.2 Å². The van der Waals surface area contributed by atoms with Crippen molar-refractivity contribution in [2.24, 2.45) is 0 Å². The van der Waals surface area contributed by atoms with Crippen LogP contribution in [0.15, 0.2) is 34.7 Å². The quantitative estimate of drug-likeness (QED) is 0.755. The van der Waals surface area contributed by atoms with Gasteiger partial charge in [0.15, 0.2) is 5.76 Å². The van der Waals surface area contributed by atoms with Gasteiger partial charge in [0.1, 0.15) is 11.5 Å². The number of nitrogens with zero attached hydrogens (tertiary/aromatic N) is 2. The van der Waals surface area contributed by atoms with E-state index in [0.29, 0.717) is 28.8 Å². The summed E-state index contributed by atoms with van der Waals surface area (Å²) in [7, 11) is 3.24. The number of rotatable bonds is 7. The first-order chi connectivity index (χ1) is 11.5. The number of amides is 1. The van der Waals surface area contributed by atoms with E-state index in [0.717, 1.165) is 18.8 Å². The number of hydrogen-bond donors (Lipinski definition) is 0. The van der Waals surface area contributed by atoms with Crippen molar-refractivity contribution in [3.8, 4) is 5.75 Å². The third-order valence-electron chi connectivity index (χ3n) is 3.97. The SMILES string of the molecule is CCN(CC)Cc1ccc(C(=O)N(C)c2ccc(OC)c(Cl)c2)o1. The van der Waals surface area contributed by atoms with Crippen LogP contribution in [0, 0.1) is 0 Å². The number of ether oxygens (including phenoxy) is 1. The molecule has 1 aromatic heterocycles. The molecule has 0 saturated heterocycles. The summed E-state index contributed by atoms with van der Waals surface area (Å²) in [6.07, 6.45) is 0. The van der Waals surface area contributed by atoms with Crippen LogP contribution in [0.4, 0.5) is 5.69 Å². The van der Waals surface area contributed by atoms with Gasteiger partial charge in [-0.25, -0.2) is 0 Å². The number of methoxy groups -OCH3 is 1. The van der Waals surface area contributed by atoms with E-state index in [2.05, 4.69) is 18.7 Å². The first kappa shape index (κ1) is 18.4. The Morgan fingerprint density at radius 3 is 2.50 bits per heavy atom. The van der Waals surface area contributed by atoms with Crippen LogP contribution in [0.1, 0.15) is 30.2 Å². The first-order valence-corrected chi connectivity index (χ1v) is 8.30. The first-order valence-electron chi connectivity index (χ1n) is 7.92. The van der Waals surface area contributed by atoms with Gasteiger partial charge in [0.05, 0.1) is 18.7 Å². The summed E-state index contributed by atoms with van der Waals surface area (Å²) in [5.41, 5.74) is 0.674. The molecular formula is C18H23ClN2O3. The van der Waals surface area contributed by atoms with Crippen molar-refractivity contribution in [1.82, 2.24) is 4.90 Å². The van der Waals surface area contributed by atoms with E-state index >= 15 is 0 Å². The maximum atomic E-state index is 12.6. The van der Waals surface area contributed by atoms with Gasteiger partial charge in [0.25, 0.3) is 5.91 Å². The van der Waals surface area contributed by atoms with Crippen LogP contribution in [0.25, 0.3) is 0 Å². The zero-order valence-electron chi connectivity index (χ0n) is 14.5. The summed E-state index contributed by atoms with van der Waals surface area (Å²) < 4.78 is 10.8. The third kappa shape index (κ3) is 4.10. The van der Waals surface area contributed by atoms with Gasteiger partial charge in [-0.3, -0.25) is 9.69 Å². The van der Waals surface area contributed by atoms with Crippen LogP contribution in [-0.4, -0.2) is 38.1 Å². The number of hydrogen-bond acceptors (Lipinski definition) is 4. The van der Waals surface area contributed by atoms with E-state index < -0.39 is 0 Å². The molecule has 1 aromatic carbocycles. The van der Waals surface area contributed by atoms with Crippen molar-refractivity contribution in [1.29, 1.82) is 0 Å². The molecule has 1 heterocycles. The lowest BCUT2D eigenvalue weighted by atomic mass is 10.2. The molecule has 24 heavy (non-hydrogen) atoms. The van der Waals surface area contributed by atoms with Crippen LogP contribution in [0.3, 0.4) is 0 Å². The Morgan fingerprint density at radius 1 is 1.21 bits per heavy atom. The molecule has 0 atom stereocenters. The molecule has 0 aliphatic carbocycles.